The zero-order chi connectivity index (χ0) is 10.3. The van der Waals surface area contributed by atoms with Crippen LogP contribution in [0, 0.1) is 0 Å². The summed E-state index contributed by atoms with van der Waals surface area (Å²) in [5, 5.41) is 0. The van der Waals surface area contributed by atoms with E-state index in [1.807, 2.05) is 41.5 Å². The normalized spacial score (nSPS) is 6.00. The fraction of sp³-hybridized carbons (Fsp3) is 1.00. The molecule has 0 aromatic carbocycles. The maximum atomic E-state index is 2.12. The summed E-state index contributed by atoms with van der Waals surface area (Å²) in [5.74, 6) is 0. The molecule has 0 aliphatic carbocycles. The second-order valence-electron chi connectivity index (χ2n) is 1.40. The van der Waals surface area contributed by atoms with Crippen molar-refractivity contribution in [3.63, 3.8) is 0 Å². The third-order valence-corrected chi connectivity index (χ3v) is 0.632. The van der Waals surface area contributed by atoms with Crippen LogP contribution in [0.25, 0.3) is 0 Å². The Morgan fingerprint density at radius 1 is 0.727 bits per heavy atom. The molecule has 0 N–H and O–H groups in total. The van der Waals surface area contributed by atoms with E-state index < -0.39 is 0 Å². The Hall–Kier alpha value is -0.0400. The first-order valence-corrected chi connectivity index (χ1v) is 4.92. The first-order valence-electron chi connectivity index (χ1n) is 4.92. The lowest BCUT2D eigenvalue weighted by molar-refractivity contribution is 0.434. The first-order chi connectivity index (χ1) is 5.27. The summed E-state index contributed by atoms with van der Waals surface area (Å²) in [4.78, 5) is 2.12. The van der Waals surface area contributed by atoms with E-state index in [0.29, 0.717) is 0 Å². The summed E-state index contributed by atoms with van der Waals surface area (Å²) < 4.78 is 0. The summed E-state index contributed by atoms with van der Waals surface area (Å²) >= 11 is 0. The molecule has 0 saturated carbocycles. The predicted molar refractivity (Wildman–Crippen MR) is 58.3 cm³/mol. The monoisotopic (exact) mass is 163 g/mol. The number of nitrogens with zero attached hydrogens (tertiary/aromatic N) is 1. The van der Waals surface area contributed by atoms with Crippen molar-refractivity contribution < 1.29 is 0 Å². The maximum Gasteiger partial charge on any atom is -0.00533 e. The van der Waals surface area contributed by atoms with E-state index in [2.05, 4.69) is 25.9 Å². The average Bonchev–Trinajstić information content (AvgIpc) is 2.15. The summed E-state index contributed by atoms with van der Waals surface area (Å²) in [6.45, 7) is 15.3. The minimum absolute atomic E-state index is 1.14. The fourth-order valence-corrected chi connectivity index (χ4v) is 0. The molecule has 11 heavy (non-hydrogen) atoms. The molecular formula is C10H29N. The van der Waals surface area contributed by atoms with Gasteiger partial charge < -0.3 is 4.90 Å². The van der Waals surface area contributed by atoms with Crippen LogP contribution in [0.15, 0.2) is 0 Å². The van der Waals surface area contributed by atoms with Gasteiger partial charge in [0.15, 0.2) is 0 Å². The van der Waals surface area contributed by atoms with Gasteiger partial charge in [0.25, 0.3) is 0 Å². The van der Waals surface area contributed by atoms with E-state index in [9.17, 15) is 0 Å². The van der Waals surface area contributed by atoms with Gasteiger partial charge in [-0.3, -0.25) is 0 Å². The van der Waals surface area contributed by atoms with E-state index in [1.165, 1.54) is 0 Å². The maximum absolute atomic E-state index is 2.12. The van der Waals surface area contributed by atoms with Crippen molar-refractivity contribution in [2.45, 2.75) is 48.5 Å². The molecule has 0 amide bonds. The molecule has 0 saturated heterocycles. The van der Waals surface area contributed by atoms with Gasteiger partial charge in [0.05, 0.1) is 0 Å². The quantitative estimate of drug-likeness (QED) is 0.570. The molecule has 0 unspecified atom stereocenters. The Morgan fingerprint density at radius 2 is 0.818 bits per heavy atom. The Morgan fingerprint density at radius 3 is 0.818 bits per heavy atom. The highest BCUT2D eigenvalue weighted by molar-refractivity contribution is 4.25. The van der Waals surface area contributed by atoms with E-state index >= 15 is 0 Å². The van der Waals surface area contributed by atoms with Crippen molar-refractivity contribution in [1.82, 2.24) is 4.90 Å². The molecular weight excluding hydrogens is 134 g/mol. The van der Waals surface area contributed by atoms with Gasteiger partial charge in [-0.25, -0.2) is 0 Å². The average molecular weight is 163 g/mol. The molecule has 0 aliphatic rings. The van der Waals surface area contributed by atoms with Gasteiger partial charge in [-0.15, -0.1) is 0 Å². The van der Waals surface area contributed by atoms with Gasteiger partial charge in [-0.1, -0.05) is 48.5 Å². The van der Waals surface area contributed by atoms with Crippen LogP contribution < -0.4 is 0 Å². The van der Waals surface area contributed by atoms with Crippen LogP contribution in [0.2, 0.25) is 0 Å². The summed E-state index contributed by atoms with van der Waals surface area (Å²) in [6, 6.07) is 0. The third kappa shape index (κ3) is 164. The van der Waals surface area contributed by atoms with E-state index in [1.54, 1.807) is 0 Å². The largest absolute Gasteiger partial charge is 0.310 e. The van der Waals surface area contributed by atoms with Gasteiger partial charge in [0.2, 0.25) is 0 Å². The van der Waals surface area contributed by atoms with Crippen LogP contribution in [0.5, 0.6) is 0 Å². The van der Waals surface area contributed by atoms with Crippen LogP contribution in [0.4, 0.5) is 0 Å². The highest BCUT2D eigenvalue weighted by Gasteiger charge is 1.72. The van der Waals surface area contributed by atoms with Gasteiger partial charge in [-0.05, 0) is 20.6 Å². The van der Waals surface area contributed by atoms with Crippen molar-refractivity contribution in [3.05, 3.63) is 0 Å². The topological polar surface area (TPSA) is 3.24 Å². The molecule has 1 nitrogen and oxygen atoms in total. The Bertz CT molecular complexity index is 18.8. The van der Waals surface area contributed by atoms with E-state index in [-0.39, 0.29) is 0 Å². The Kier molecular flexibility index (Phi) is 104. The smallest absolute Gasteiger partial charge is 0.00533 e. The molecule has 0 spiro atoms. The number of hydrogen-bond donors (Lipinski definition) is 0. The van der Waals surface area contributed by atoms with Gasteiger partial charge >= 0.3 is 0 Å². The zero-order valence-electron chi connectivity index (χ0n) is 10.2. The van der Waals surface area contributed by atoms with Crippen LogP contribution >= 0.6 is 0 Å². The first kappa shape index (κ1) is 22.4. The lowest BCUT2D eigenvalue weighted by Gasteiger charge is -2.00. The van der Waals surface area contributed by atoms with Crippen molar-refractivity contribution in [2.24, 2.45) is 0 Å². The molecule has 0 rings (SSSR count). The van der Waals surface area contributed by atoms with Crippen molar-refractivity contribution in [2.75, 3.05) is 20.6 Å². The minimum atomic E-state index is 1.14. The number of rotatable bonds is 1. The zero-order valence-corrected chi connectivity index (χ0v) is 10.2. The molecule has 0 radical (unpaired) electrons. The Balaban J connectivity index is -0.0000000350. The predicted octanol–water partition coefficient (Wildman–Crippen LogP) is 3.65. The third-order valence-electron chi connectivity index (χ3n) is 0.632. The van der Waals surface area contributed by atoms with Gasteiger partial charge in [0.1, 0.15) is 0 Å². The van der Waals surface area contributed by atoms with Gasteiger partial charge in [0, 0.05) is 0 Å². The molecule has 74 valence electrons. The van der Waals surface area contributed by atoms with E-state index in [0.717, 1.165) is 6.54 Å². The second-order valence-corrected chi connectivity index (χ2v) is 1.40. The van der Waals surface area contributed by atoms with Crippen LogP contribution in [-0.2, 0) is 0 Å². The summed E-state index contributed by atoms with van der Waals surface area (Å²) in [5.41, 5.74) is 0. The Labute approximate surface area is 74.8 Å². The number of hydrogen-bond acceptors (Lipinski definition) is 1. The second kappa shape index (κ2) is 51.0. The van der Waals surface area contributed by atoms with Crippen molar-refractivity contribution in [1.29, 1.82) is 0 Å². The molecule has 0 bridgehead atoms. The molecule has 0 aliphatic heterocycles. The van der Waals surface area contributed by atoms with Crippen molar-refractivity contribution >= 4 is 0 Å². The standard InChI is InChI=1S/C4H11N.3C2H6/c1-4-5(2)3;3*1-2/h4H2,1-3H3;3*1-2H3. The lowest BCUT2D eigenvalue weighted by Crippen LogP contribution is -2.08. The lowest BCUT2D eigenvalue weighted by atomic mass is 10.7. The van der Waals surface area contributed by atoms with Crippen molar-refractivity contribution in [3.8, 4) is 0 Å². The molecule has 0 heterocycles. The molecule has 0 aromatic heterocycles. The highest BCUT2D eigenvalue weighted by atomic mass is 15.0. The summed E-state index contributed by atoms with van der Waals surface area (Å²) in [6.07, 6.45) is 0. The van der Waals surface area contributed by atoms with Crippen LogP contribution in [0.1, 0.15) is 48.5 Å². The molecule has 0 atom stereocenters. The minimum Gasteiger partial charge on any atom is -0.310 e. The van der Waals surface area contributed by atoms with Crippen LogP contribution in [0.3, 0.4) is 0 Å². The molecule has 0 aromatic rings. The highest BCUT2D eigenvalue weighted by Crippen LogP contribution is 1.63. The summed E-state index contributed by atoms with van der Waals surface area (Å²) in [7, 11) is 4.11. The van der Waals surface area contributed by atoms with Gasteiger partial charge in [-0.2, -0.15) is 0 Å². The SMILES string of the molecule is CC.CC.CC.CCN(C)C. The van der Waals surface area contributed by atoms with E-state index in [4.69, 9.17) is 0 Å². The van der Waals surface area contributed by atoms with Crippen LogP contribution in [-0.4, -0.2) is 25.5 Å². The molecule has 1 heteroatoms. The fourth-order valence-electron chi connectivity index (χ4n) is 0. The molecule has 0 fully saturated rings.